The number of aromatic carboxylic acids is 1. The molecule has 3 N–H and O–H groups in total. The highest BCUT2D eigenvalue weighted by Gasteiger charge is 2.13. The van der Waals surface area contributed by atoms with Gasteiger partial charge in [-0.15, -0.1) is 0 Å². The Morgan fingerprint density at radius 3 is 2.80 bits per heavy atom. The highest BCUT2D eigenvalue weighted by atomic mass is 35.5. The molecule has 1 aromatic carbocycles. The van der Waals surface area contributed by atoms with Gasteiger partial charge in [0.2, 0.25) is 0 Å². The minimum absolute atomic E-state index is 0.110. The summed E-state index contributed by atoms with van der Waals surface area (Å²) in [7, 11) is 0. The molecule has 5 nitrogen and oxygen atoms in total. The van der Waals surface area contributed by atoms with Crippen molar-refractivity contribution in [2.45, 2.75) is 6.92 Å². The number of ether oxygens (including phenoxy) is 1. The van der Waals surface area contributed by atoms with Gasteiger partial charge in [0.15, 0.2) is 5.69 Å². The number of nitrogen functional groups attached to an aromatic ring is 1. The molecule has 0 unspecified atom stereocenters. The summed E-state index contributed by atoms with van der Waals surface area (Å²) in [6.07, 6.45) is 0. The average molecular weight is 293 g/mol. The molecule has 20 heavy (non-hydrogen) atoms. The molecule has 0 bridgehead atoms. The predicted octanol–water partition coefficient (Wildman–Crippen LogP) is 3.08. The Labute approximate surface area is 121 Å². The standard InChI is InChI=1S/C14H13ClN2O3/c1-2-20-8-3-4-10(15)9(7-8)12-6-5-11(16)13(17-12)14(18)19/h3-7H,2,16H2,1H3,(H,18,19). The van der Waals surface area contributed by atoms with E-state index in [0.717, 1.165) is 0 Å². The lowest BCUT2D eigenvalue weighted by Gasteiger charge is -2.09. The van der Waals surface area contributed by atoms with Gasteiger partial charge in [0, 0.05) is 5.56 Å². The molecular formula is C14H13ClN2O3. The summed E-state index contributed by atoms with van der Waals surface area (Å²) in [5.74, 6) is -0.538. The summed E-state index contributed by atoms with van der Waals surface area (Å²) in [6.45, 7) is 2.40. The highest BCUT2D eigenvalue weighted by Crippen LogP contribution is 2.31. The minimum Gasteiger partial charge on any atom is -0.494 e. The molecule has 0 fully saturated rings. The molecule has 1 aromatic heterocycles. The Morgan fingerprint density at radius 2 is 2.15 bits per heavy atom. The topological polar surface area (TPSA) is 85.4 Å². The summed E-state index contributed by atoms with van der Waals surface area (Å²) >= 11 is 6.13. The average Bonchev–Trinajstić information content (AvgIpc) is 2.41. The molecule has 0 amide bonds. The van der Waals surface area contributed by atoms with Crippen molar-refractivity contribution in [1.29, 1.82) is 0 Å². The number of carboxylic acid groups (broad SMARTS) is 1. The monoisotopic (exact) mass is 292 g/mol. The van der Waals surface area contributed by atoms with Gasteiger partial charge in [-0.25, -0.2) is 9.78 Å². The molecule has 0 spiro atoms. The van der Waals surface area contributed by atoms with Gasteiger partial charge in [-0.05, 0) is 37.3 Å². The van der Waals surface area contributed by atoms with Crippen LogP contribution in [-0.4, -0.2) is 22.7 Å². The van der Waals surface area contributed by atoms with E-state index in [4.69, 9.17) is 27.2 Å². The Balaban J connectivity index is 2.53. The number of aromatic nitrogens is 1. The summed E-state index contributed by atoms with van der Waals surface area (Å²) in [6, 6.07) is 8.26. The fourth-order valence-corrected chi connectivity index (χ4v) is 1.96. The summed E-state index contributed by atoms with van der Waals surface area (Å²) in [5.41, 5.74) is 6.53. The van der Waals surface area contributed by atoms with Crippen LogP contribution in [0.4, 0.5) is 5.69 Å². The molecule has 0 saturated carbocycles. The van der Waals surface area contributed by atoms with Gasteiger partial charge in [0.1, 0.15) is 5.75 Å². The zero-order valence-corrected chi connectivity index (χ0v) is 11.5. The van der Waals surface area contributed by atoms with Crippen LogP contribution >= 0.6 is 11.6 Å². The Bertz CT molecular complexity index is 659. The molecule has 2 rings (SSSR count). The van der Waals surface area contributed by atoms with E-state index in [9.17, 15) is 4.79 Å². The van der Waals surface area contributed by atoms with Gasteiger partial charge in [0.25, 0.3) is 0 Å². The van der Waals surface area contributed by atoms with E-state index in [0.29, 0.717) is 28.6 Å². The van der Waals surface area contributed by atoms with Crippen LogP contribution < -0.4 is 10.5 Å². The van der Waals surface area contributed by atoms with Gasteiger partial charge in [-0.3, -0.25) is 0 Å². The maximum atomic E-state index is 11.1. The third-order valence-electron chi connectivity index (χ3n) is 2.65. The number of carboxylic acids is 1. The number of benzene rings is 1. The first-order valence-electron chi connectivity index (χ1n) is 5.95. The van der Waals surface area contributed by atoms with Crippen molar-refractivity contribution >= 4 is 23.3 Å². The lowest BCUT2D eigenvalue weighted by atomic mass is 10.1. The van der Waals surface area contributed by atoms with Crippen molar-refractivity contribution in [3.8, 4) is 17.0 Å². The van der Waals surface area contributed by atoms with Gasteiger partial charge in [-0.2, -0.15) is 0 Å². The van der Waals surface area contributed by atoms with E-state index >= 15 is 0 Å². The van der Waals surface area contributed by atoms with Crippen molar-refractivity contribution in [2.24, 2.45) is 0 Å². The number of rotatable bonds is 4. The Kier molecular flexibility index (Phi) is 4.10. The first-order chi connectivity index (χ1) is 9.52. The van der Waals surface area contributed by atoms with Crippen molar-refractivity contribution in [3.63, 3.8) is 0 Å². The van der Waals surface area contributed by atoms with E-state index in [1.807, 2.05) is 6.92 Å². The summed E-state index contributed by atoms with van der Waals surface area (Å²) < 4.78 is 5.40. The molecule has 0 atom stereocenters. The third kappa shape index (κ3) is 2.83. The van der Waals surface area contributed by atoms with Crippen LogP contribution in [0.2, 0.25) is 5.02 Å². The van der Waals surface area contributed by atoms with E-state index in [2.05, 4.69) is 4.98 Å². The van der Waals surface area contributed by atoms with Crippen molar-refractivity contribution in [2.75, 3.05) is 12.3 Å². The van der Waals surface area contributed by atoms with E-state index in [-0.39, 0.29) is 11.4 Å². The molecule has 0 aliphatic heterocycles. The quantitative estimate of drug-likeness (QED) is 0.904. The molecule has 0 aliphatic carbocycles. The Hall–Kier alpha value is -2.27. The van der Waals surface area contributed by atoms with Gasteiger partial charge >= 0.3 is 5.97 Å². The van der Waals surface area contributed by atoms with Crippen molar-refractivity contribution in [1.82, 2.24) is 4.98 Å². The molecule has 0 radical (unpaired) electrons. The van der Waals surface area contributed by atoms with Crippen LogP contribution in [0.1, 0.15) is 17.4 Å². The maximum Gasteiger partial charge on any atom is 0.356 e. The normalized spacial score (nSPS) is 10.3. The van der Waals surface area contributed by atoms with Crippen LogP contribution in [0.5, 0.6) is 5.75 Å². The number of hydrogen-bond acceptors (Lipinski definition) is 4. The zero-order chi connectivity index (χ0) is 14.7. The van der Waals surface area contributed by atoms with Crippen molar-refractivity contribution in [3.05, 3.63) is 41.0 Å². The van der Waals surface area contributed by atoms with E-state index < -0.39 is 5.97 Å². The number of hydrogen-bond donors (Lipinski definition) is 2. The second-order valence-corrected chi connectivity index (χ2v) is 4.42. The number of nitrogens with zero attached hydrogens (tertiary/aromatic N) is 1. The van der Waals surface area contributed by atoms with Crippen LogP contribution in [0, 0.1) is 0 Å². The molecular weight excluding hydrogens is 280 g/mol. The molecule has 0 aliphatic rings. The minimum atomic E-state index is -1.18. The number of carbonyl (C=O) groups is 1. The Morgan fingerprint density at radius 1 is 1.40 bits per heavy atom. The van der Waals surface area contributed by atoms with Gasteiger partial charge in [-0.1, -0.05) is 11.6 Å². The molecule has 1 heterocycles. The van der Waals surface area contributed by atoms with E-state index in [1.165, 1.54) is 6.07 Å². The predicted molar refractivity (Wildman–Crippen MR) is 77.2 cm³/mol. The number of pyridine rings is 1. The second kappa shape index (κ2) is 5.79. The van der Waals surface area contributed by atoms with Crippen LogP contribution in [-0.2, 0) is 0 Å². The summed E-state index contributed by atoms with van der Waals surface area (Å²) in [4.78, 5) is 15.1. The summed E-state index contributed by atoms with van der Waals surface area (Å²) in [5, 5.41) is 9.51. The fourth-order valence-electron chi connectivity index (χ4n) is 1.75. The van der Waals surface area contributed by atoms with Crippen LogP contribution in [0.15, 0.2) is 30.3 Å². The maximum absolute atomic E-state index is 11.1. The molecule has 6 heteroatoms. The fraction of sp³-hybridized carbons (Fsp3) is 0.143. The van der Waals surface area contributed by atoms with Gasteiger partial charge in [0.05, 0.1) is 23.0 Å². The SMILES string of the molecule is CCOc1ccc(Cl)c(-c2ccc(N)c(C(=O)O)n2)c1. The highest BCUT2D eigenvalue weighted by molar-refractivity contribution is 6.33. The number of nitrogens with two attached hydrogens (primary N) is 1. The first kappa shape index (κ1) is 14.1. The number of anilines is 1. The number of halogens is 1. The van der Waals surface area contributed by atoms with E-state index in [1.54, 1.807) is 24.3 Å². The van der Waals surface area contributed by atoms with Crippen molar-refractivity contribution < 1.29 is 14.6 Å². The largest absolute Gasteiger partial charge is 0.494 e. The molecule has 2 aromatic rings. The molecule has 104 valence electrons. The zero-order valence-electron chi connectivity index (χ0n) is 10.8. The lowest BCUT2D eigenvalue weighted by molar-refractivity contribution is 0.0692. The van der Waals surface area contributed by atoms with Gasteiger partial charge < -0.3 is 15.6 Å². The smallest absolute Gasteiger partial charge is 0.356 e. The first-order valence-corrected chi connectivity index (χ1v) is 6.33. The second-order valence-electron chi connectivity index (χ2n) is 4.01. The van der Waals surface area contributed by atoms with Crippen LogP contribution in [0.25, 0.3) is 11.3 Å². The van der Waals surface area contributed by atoms with Crippen LogP contribution in [0.3, 0.4) is 0 Å². The third-order valence-corrected chi connectivity index (χ3v) is 2.98. The lowest BCUT2D eigenvalue weighted by Crippen LogP contribution is -2.06. The molecule has 0 saturated heterocycles.